The number of nitrogens with zero attached hydrogens (tertiary/aromatic N) is 3. The van der Waals surface area contributed by atoms with Crippen molar-refractivity contribution in [1.29, 1.82) is 0 Å². The number of hydrogen-bond acceptors (Lipinski definition) is 4. The van der Waals surface area contributed by atoms with E-state index in [1.54, 1.807) is 23.9 Å². The fraction of sp³-hybridized carbons (Fsp3) is 0.533. The standard InChI is InChI=1S/C15H19N3O2S/c1-11-10-13(18(19)20)6-7-14(11)16-15-17(8-9-21-15)12-4-2-3-5-12/h6-7,10,12H,2-5,8-9H2,1H3. The normalized spacial score (nSPS) is 21.4. The average molecular weight is 305 g/mol. The highest BCUT2D eigenvalue weighted by Crippen LogP contribution is 2.32. The largest absolute Gasteiger partial charge is 0.347 e. The van der Waals surface area contributed by atoms with Crippen molar-refractivity contribution in [3.8, 4) is 0 Å². The topological polar surface area (TPSA) is 58.7 Å². The molecule has 1 saturated heterocycles. The van der Waals surface area contributed by atoms with Gasteiger partial charge in [-0.25, -0.2) is 4.99 Å². The first-order valence-corrected chi connectivity index (χ1v) is 8.37. The van der Waals surface area contributed by atoms with Gasteiger partial charge in [-0.1, -0.05) is 24.6 Å². The summed E-state index contributed by atoms with van der Waals surface area (Å²) in [6.07, 6.45) is 5.16. The molecule has 0 spiro atoms. The van der Waals surface area contributed by atoms with Crippen molar-refractivity contribution in [2.24, 2.45) is 4.99 Å². The molecular weight excluding hydrogens is 286 g/mol. The Kier molecular flexibility index (Phi) is 4.14. The molecule has 0 unspecified atom stereocenters. The Morgan fingerprint density at radius 2 is 2.14 bits per heavy atom. The van der Waals surface area contributed by atoms with Crippen LogP contribution in [0, 0.1) is 17.0 Å². The van der Waals surface area contributed by atoms with Crippen LogP contribution in [-0.4, -0.2) is 33.3 Å². The molecule has 5 nitrogen and oxygen atoms in total. The zero-order chi connectivity index (χ0) is 14.8. The Morgan fingerprint density at radius 3 is 2.81 bits per heavy atom. The summed E-state index contributed by atoms with van der Waals surface area (Å²) < 4.78 is 0. The number of non-ortho nitro benzene ring substituents is 1. The zero-order valence-electron chi connectivity index (χ0n) is 12.1. The molecule has 112 valence electrons. The van der Waals surface area contributed by atoms with Gasteiger partial charge in [0.25, 0.3) is 5.69 Å². The maximum absolute atomic E-state index is 10.8. The highest BCUT2D eigenvalue weighted by molar-refractivity contribution is 8.14. The third kappa shape index (κ3) is 3.05. The molecule has 21 heavy (non-hydrogen) atoms. The van der Waals surface area contributed by atoms with Crippen LogP contribution in [0.3, 0.4) is 0 Å². The smallest absolute Gasteiger partial charge is 0.269 e. The van der Waals surface area contributed by atoms with Gasteiger partial charge in [-0.15, -0.1) is 0 Å². The van der Waals surface area contributed by atoms with Crippen LogP contribution < -0.4 is 0 Å². The predicted octanol–water partition coefficient (Wildman–Crippen LogP) is 3.88. The predicted molar refractivity (Wildman–Crippen MR) is 86.3 cm³/mol. The van der Waals surface area contributed by atoms with E-state index in [-0.39, 0.29) is 10.6 Å². The molecule has 6 heteroatoms. The third-order valence-electron chi connectivity index (χ3n) is 4.18. The van der Waals surface area contributed by atoms with Crippen LogP contribution in [0.4, 0.5) is 11.4 Å². The number of benzene rings is 1. The van der Waals surface area contributed by atoms with E-state index >= 15 is 0 Å². The van der Waals surface area contributed by atoms with Crippen molar-refractivity contribution in [3.05, 3.63) is 33.9 Å². The first kappa shape index (κ1) is 14.4. The molecule has 0 radical (unpaired) electrons. The van der Waals surface area contributed by atoms with Crippen LogP contribution in [0.5, 0.6) is 0 Å². The van der Waals surface area contributed by atoms with E-state index in [1.165, 1.54) is 31.7 Å². The minimum absolute atomic E-state index is 0.128. The maximum Gasteiger partial charge on any atom is 0.269 e. The molecule has 1 saturated carbocycles. The summed E-state index contributed by atoms with van der Waals surface area (Å²) >= 11 is 1.79. The van der Waals surface area contributed by atoms with E-state index in [1.807, 2.05) is 6.92 Å². The summed E-state index contributed by atoms with van der Waals surface area (Å²) in [7, 11) is 0. The Bertz CT molecular complexity index is 582. The molecule has 3 rings (SSSR count). The summed E-state index contributed by atoms with van der Waals surface area (Å²) in [5, 5.41) is 11.9. The van der Waals surface area contributed by atoms with Crippen LogP contribution in [0.1, 0.15) is 31.2 Å². The Morgan fingerprint density at radius 1 is 1.38 bits per heavy atom. The maximum atomic E-state index is 10.8. The van der Waals surface area contributed by atoms with Gasteiger partial charge in [0, 0.05) is 30.5 Å². The molecule has 0 aromatic heterocycles. The molecule has 1 aromatic rings. The highest BCUT2D eigenvalue weighted by atomic mass is 32.2. The fourth-order valence-corrected chi connectivity index (χ4v) is 4.09. The first-order valence-electron chi connectivity index (χ1n) is 7.38. The number of amidine groups is 1. The van der Waals surface area contributed by atoms with E-state index < -0.39 is 0 Å². The number of nitro groups is 1. The summed E-state index contributed by atoms with van der Waals surface area (Å²) in [5.74, 6) is 1.08. The summed E-state index contributed by atoms with van der Waals surface area (Å²) in [5.41, 5.74) is 1.83. The number of rotatable bonds is 3. The fourth-order valence-electron chi connectivity index (χ4n) is 3.05. The molecule has 0 atom stereocenters. The molecule has 1 heterocycles. The SMILES string of the molecule is Cc1cc([N+](=O)[O-])ccc1N=C1SCCN1C1CCCC1. The van der Waals surface area contributed by atoms with Gasteiger partial charge in [0.15, 0.2) is 5.17 Å². The number of aryl methyl sites for hydroxylation is 1. The van der Waals surface area contributed by atoms with Gasteiger partial charge in [0.05, 0.1) is 10.6 Å². The van der Waals surface area contributed by atoms with Crippen molar-refractivity contribution in [1.82, 2.24) is 4.90 Å². The first-order chi connectivity index (χ1) is 10.1. The molecule has 0 amide bonds. The summed E-state index contributed by atoms with van der Waals surface area (Å²) in [6, 6.07) is 5.52. The second-order valence-corrected chi connectivity index (χ2v) is 6.66. The van der Waals surface area contributed by atoms with Crippen LogP contribution in [-0.2, 0) is 0 Å². The number of thioether (sulfide) groups is 1. The van der Waals surface area contributed by atoms with Gasteiger partial charge in [0.1, 0.15) is 0 Å². The molecule has 1 aromatic carbocycles. The Labute approximate surface area is 128 Å². The second-order valence-electron chi connectivity index (χ2n) is 5.60. The molecule has 1 aliphatic heterocycles. The summed E-state index contributed by atoms with van der Waals surface area (Å²) in [6.45, 7) is 2.95. The van der Waals surface area contributed by atoms with Crippen molar-refractivity contribution in [2.45, 2.75) is 38.6 Å². The molecule has 1 aliphatic carbocycles. The summed E-state index contributed by atoms with van der Waals surface area (Å²) in [4.78, 5) is 17.6. The van der Waals surface area contributed by atoms with Crippen LogP contribution in [0.25, 0.3) is 0 Å². The lowest BCUT2D eigenvalue weighted by atomic mass is 10.2. The van der Waals surface area contributed by atoms with Crippen molar-refractivity contribution < 1.29 is 4.92 Å². The van der Waals surface area contributed by atoms with Crippen LogP contribution in [0.15, 0.2) is 23.2 Å². The van der Waals surface area contributed by atoms with E-state index in [0.29, 0.717) is 6.04 Å². The lowest BCUT2D eigenvalue weighted by Crippen LogP contribution is -2.33. The van der Waals surface area contributed by atoms with Gasteiger partial charge in [-0.3, -0.25) is 10.1 Å². The minimum Gasteiger partial charge on any atom is -0.347 e. The van der Waals surface area contributed by atoms with Gasteiger partial charge in [-0.2, -0.15) is 0 Å². The van der Waals surface area contributed by atoms with Crippen LogP contribution >= 0.6 is 11.8 Å². The highest BCUT2D eigenvalue weighted by Gasteiger charge is 2.29. The number of hydrogen-bond donors (Lipinski definition) is 0. The number of aliphatic imine (C=N–C) groups is 1. The number of nitro benzene ring substituents is 1. The van der Waals surface area contributed by atoms with Gasteiger partial charge >= 0.3 is 0 Å². The van der Waals surface area contributed by atoms with Crippen molar-refractivity contribution in [2.75, 3.05) is 12.3 Å². The molecule has 0 bridgehead atoms. The minimum atomic E-state index is -0.362. The van der Waals surface area contributed by atoms with Crippen molar-refractivity contribution >= 4 is 28.3 Å². The molecule has 2 fully saturated rings. The molecule has 2 aliphatic rings. The Hall–Kier alpha value is -1.56. The molecule has 0 N–H and O–H groups in total. The lowest BCUT2D eigenvalue weighted by Gasteiger charge is -2.25. The van der Waals surface area contributed by atoms with E-state index in [4.69, 9.17) is 4.99 Å². The van der Waals surface area contributed by atoms with Gasteiger partial charge < -0.3 is 4.90 Å². The quantitative estimate of drug-likeness (QED) is 0.628. The van der Waals surface area contributed by atoms with Crippen molar-refractivity contribution in [3.63, 3.8) is 0 Å². The third-order valence-corrected chi connectivity index (χ3v) is 5.15. The average Bonchev–Trinajstić information content (AvgIpc) is 3.11. The van der Waals surface area contributed by atoms with Gasteiger partial charge in [0.2, 0.25) is 0 Å². The monoisotopic (exact) mass is 305 g/mol. The van der Waals surface area contributed by atoms with Crippen LogP contribution in [0.2, 0.25) is 0 Å². The van der Waals surface area contributed by atoms with E-state index in [2.05, 4.69) is 4.90 Å². The molecular formula is C15H19N3O2S. The Balaban J connectivity index is 1.84. The van der Waals surface area contributed by atoms with Gasteiger partial charge in [-0.05, 0) is 31.4 Å². The lowest BCUT2D eigenvalue weighted by molar-refractivity contribution is -0.384. The second kappa shape index (κ2) is 6.05. The van der Waals surface area contributed by atoms with E-state index in [9.17, 15) is 10.1 Å². The van der Waals surface area contributed by atoms with E-state index in [0.717, 1.165) is 28.7 Å². The zero-order valence-corrected chi connectivity index (χ0v) is 12.9.